The van der Waals surface area contributed by atoms with Crippen LogP contribution < -0.4 is 4.90 Å². The van der Waals surface area contributed by atoms with E-state index in [4.69, 9.17) is 14.2 Å². The fraction of sp³-hybridized carbons (Fsp3) is 0.310. The summed E-state index contributed by atoms with van der Waals surface area (Å²) in [5.74, 6) is 11.3. The van der Waals surface area contributed by atoms with Crippen LogP contribution in [0.15, 0.2) is 42.5 Å². The summed E-state index contributed by atoms with van der Waals surface area (Å²) in [6.45, 7) is 1.89. The third-order valence-corrected chi connectivity index (χ3v) is 7.81. The van der Waals surface area contributed by atoms with Crippen molar-refractivity contribution in [3.8, 4) is 29.4 Å². The predicted molar refractivity (Wildman–Crippen MR) is 131 cm³/mol. The minimum Gasteiger partial charge on any atom is -0.507 e. The maximum Gasteiger partial charge on any atom is 0.198 e. The molecule has 6 rings (SSSR count). The standard InChI is InChI=1S/C29H23NO6/c1-16(34-3)28-21-13-7-5-6-8-14-22(35-4)29(28,36-28)19-15-20(31)23-24(25(19)30(21)2)27(33)18-12-10-9-11-17(18)26(23)32/h5-6,9-12,15-16,21-22,31H,1-4H3/b6-5-/t16-,21+,22-,28+,29+/m1/s1. The van der Waals surface area contributed by atoms with Crippen LogP contribution in [0.5, 0.6) is 5.75 Å². The molecule has 2 aromatic rings. The molecule has 7 heteroatoms. The Morgan fingerprint density at radius 3 is 2.33 bits per heavy atom. The first kappa shape index (κ1) is 22.6. The van der Waals surface area contributed by atoms with E-state index in [9.17, 15) is 14.7 Å². The number of allylic oxidation sites excluding steroid dienone is 2. The zero-order valence-corrected chi connectivity index (χ0v) is 20.2. The lowest BCUT2D eigenvalue weighted by Gasteiger charge is -2.44. The van der Waals surface area contributed by atoms with Crippen molar-refractivity contribution in [2.75, 3.05) is 26.2 Å². The number of anilines is 1. The largest absolute Gasteiger partial charge is 0.507 e. The van der Waals surface area contributed by atoms with Crippen LogP contribution in [0.25, 0.3) is 0 Å². The van der Waals surface area contributed by atoms with Crippen molar-refractivity contribution in [1.82, 2.24) is 0 Å². The van der Waals surface area contributed by atoms with Crippen LogP contribution in [0.3, 0.4) is 0 Å². The zero-order valence-electron chi connectivity index (χ0n) is 20.2. The lowest BCUT2D eigenvalue weighted by atomic mass is 9.68. The smallest absolute Gasteiger partial charge is 0.198 e. The van der Waals surface area contributed by atoms with Gasteiger partial charge in [-0.15, -0.1) is 0 Å². The Morgan fingerprint density at radius 1 is 1.06 bits per heavy atom. The van der Waals surface area contributed by atoms with Crippen LogP contribution in [0.4, 0.5) is 5.69 Å². The van der Waals surface area contributed by atoms with Gasteiger partial charge in [-0.05, 0) is 25.1 Å². The highest BCUT2D eigenvalue weighted by atomic mass is 16.7. The summed E-state index contributed by atoms with van der Waals surface area (Å²) >= 11 is 0. The first-order chi connectivity index (χ1) is 17.3. The van der Waals surface area contributed by atoms with Gasteiger partial charge >= 0.3 is 0 Å². The van der Waals surface area contributed by atoms with Gasteiger partial charge in [0.05, 0.1) is 22.9 Å². The number of rotatable bonds is 3. The number of fused-ring (bicyclic) bond motifs is 4. The van der Waals surface area contributed by atoms with Crippen molar-refractivity contribution in [2.45, 2.75) is 36.4 Å². The van der Waals surface area contributed by atoms with Crippen LogP contribution in [0.1, 0.15) is 44.3 Å². The molecule has 5 atom stereocenters. The van der Waals surface area contributed by atoms with Crippen LogP contribution >= 0.6 is 0 Å². The second-order valence-corrected chi connectivity index (χ2v) is 9.29. The number of benzene rings is 2. The minimum atomic E-state index is -1.21. The molecule has 0 spiro atoms. The molecule has 2 bridgehead atoms. The summed E-state index contributed by atoms with van der Waals surface area (Å²) in [4.78, 5) is 29.3. The zero-order chi connectivity index (χ0) is 25.4. The predicted octanol–water partition coefficient (Wildman–Crippen LogP) is 2.58. The number of aromatic hydroxyl groups is 1. The molecule has 1 fully saturated rings. The third-order valence-electron chi connectivity index (χ3n) is 7.81. The van der Waals surface area contributed by atoms with Crippen molar-refractivity contribution in [1.29, 1.82) is 0 Å². The number of hydrogen-bond donors (Lipinski definition) is 1. The van der Waals surface area contributed by atoms with E-state index in [-0.39, 0.29) is 28.2 Å². The van der Waals surface area contributed by atoms with E-state index < -0.39 is 35.2 Å². The Balaban J connectivity index is 1.73. The van der Waals surface area contributed by atoms with E-state index in [0.29, 0.717) is 16.8 Å². The molecule has 2 aliphatic heterocycles. The van der Waals surface area contributed by atoms with Crippen molar-refractivity contribution in [3.63, 3.8) is 0 Å². The number of methoxy groups -OCH3 is 2. The maximum atomic E-state index is 13.9. The highest BCUT2D eigenvalue weighted by molar-refractivity contribution is 6.31. The van der Waals surface area contributed by atoms with Gasteiger partial charge in [0.2, 0.25) is 0 Å². The third kappa shape index (κ3) is 2.50. The topological polar surface area (TPSA) is 88.6 Å². The molecule has 7 nitrogen and oxygen atoms in total. The second kappa shape index (κ2) is 7.56. The molecule has 1 saturated heterocycles. The monoisotopic (exact) mass is 481 g/mol. The van der Waals surface area contributed by atoms with Gasteiger partial charge < -0.3 is 24.2 Å². The lowest BCUT2D eigenvalue weighted by molar-refractivity contribution is 0.0362. The van der Waals surface area contributed by atoms with E-state index in [1.54, 1.807) is 43.5 Å². The van der Waals surface area contributed by atoms with Gasteiger partial charge in [-0.3, -0.25) is 9.59 Å². The molecular weight excluding hydrogens is 458 g/mol. The molecule has 0 aromatic heterocycles. The summed E-state index contributed by atoms with van der Waals surface area (Å²) in [5, 5.41) is 11.2. The second-order valence-electron chi connectivity index (χ2n) is 9.29. The average Bonchev–Trinajstić information content (AvgIpc) is 3.60. The molecule has 0 saturated carbocycles. The summed E-state index contributed by atoms with van der Waals surface area (Å²) in [6, 6.07) is 7.57. The molecule has 0 radical (unpaired) electrons. The van der Waals surface area contributed by atoms with Gasteiger partial charge in [0.25, 0.3) is 0 Å². The molecule has 0 unspecified atom stereocenters. The number of carbonyl (C=O) groups excluding carboxylic acids is 2. The van der Waals surface area contributed by atoms with Gasteiger partial charge in [0, 0.05) is 38.0 Å². The molecule has 180 valence electrons. The Kier molecular flexibility index (Phi) is 4.74. The van der Waals surface area contributed by atoms with Crippen LogP contribution in [-0.2, 0) is 19.8 Å². The number of hydrogen-bond acceptors (Lipinski definition) is 7. The number of ketones is 2. The van der Waals surface area contributed by atoms with Crippen molar-refractivity contribution < 1.29 is 28.9 Å². The number of phenols is 1. The minimum absolute atomic E-state index is 0.0221. The highest BCUT2D eigenvalue weighted by Gasteiger charge is 2.83. The molecule has 2 aliphatic carbocycles. The quantitative estimate of drug-likeness (QED) is 0.454. The number of ether oxygens (including phenoxy) is 3. The van der Waals surface area contributed by atoms with E-state index in [1.165, 1.54) is 13.2 Å². The van der Waals surface area contributed by atoms with E-state index in [2.05, 4.69) is 23.7 Å². The normalized spacial score (nSPS) is 30.3. The van der Waals surface area contributed by atoms with Gasteiger partial charge in [-0.2, -0.15) is 0 Å². The van der Waals surface area contributed by atoms with E-state index >= 15 is 0 Å². The molecule has 2 heterocycles. The summed E-state index contributed by atoms with van der Waals surface area (Å²) < 4.78 is 18.3. The molecule has 0 amide bonds. The molecule has 1 N–H and O–H groups in total. The Labute approximate surface area is 208 Å². The number of carbonyl (C=O) groups is 2. The molecule has 4 aliphatic rings. The van der Waals surface area contributed by atoms with Gasteiger partial charge in [-0.1, -0.05) is 47.9 Å². The number of nitrogens with zero attached hydrogens (tertiary/aromatic N) is 1. The fourth-order valence-electron chi connectivity index (χ4n) is 6.14. The fourth-order valence-corrected chi connectivity index (χ4v) is 6.14. The van der Waals surface area contributed by atoms with Gasteiger partial charge in [-0.25, -0.2) is 0 Å². The average molecular weight is 482 g/mol. The number of phenolic OH excluding ortho intramolecular Hbond substituents is 1. The maximum absolute atomic E-state index is 13.9. The Morgan fingerprint density at radius 2 is 1.69 bits per heavy atom. The molecule has 36 heavy (non-hydrogen) atoms. The SMILES string of the molecule is CO[C@H](C)[C@@]12O[C@]13c1cc(O)c4c(c1N(C)[C@H]2C#C/C=C\C#C[C@H]3OC)C(=O)c1ccccc1C4=O. The summed E-state index contributed by atoms with van der Waals surface area (Å²) in [6.07, 6.45) is 2.08. The Hall–Kier alpha value is -3.88. The van der Waals surface area contributed by atoms with Crippen LogP contribution in [-0.4, -0.2) is 61.8 Å². The van der Waals surface area contributed by atoms with E-state index in [1.807, 2.05) is 18.9 Å². The lowest BCUT2D eigenvalue weighted by Crippen LogP contribution is -2.59. The van der Waals surface area contributed by atoms with Gasteiger partial charge in [0.1, 0.15) is 11.8 Å². The highest BCUT2D eigenvalue weighted by Crippen LogP contribution is 2.69. The Bertz CT molecular complexity index is 1520. The van der Waals surface area contributed by atoms with Crippen molar-refractivity contribution in [2.24, 2.45) is 0 Å². The van der Waals surface area contributed by atoms with Crippen molar-refractivity contribution in [3.05, 3.63) is 70.3 Å². The van der Waals surface area contributed by atoms with E-state index in [0.717, 1.165) is 0 Å². The van der Waals surface area contributed by atoms with Crippen molar-refractivity contribution >= 4 is 17.3 Å². The van der Waals surface area contributed by atoms with Gasteiger partial charge in [0.15, 0.2) is 28.9 Å². The first-order valence-corrected chi connectivity index (χ1v) is 11.6. The summed E-state index contributed by atoms with van der Waals surface area (Å²) in [7, 11) is 4.94. The summed E-state index contributed by atoms with van der Waals surface area (Å²) in [5.41, 5.74) is -0.577. The molecular formula is C29H23NO6. The first-order valence-electron chi connectivity index (χ1n) is 11.6. The van der Waals surface area contributed by atoms with Crippen LogP contribution in [0.2, 0.25) is 0 Å². The van der Waals surface area contributed by atoms with Crippen LogP contribution in [0, 0.1) is 23.7 Å². The molecule has 2 aromatic carbocycles. The number of likely N-dealkylation sites (N-methyl/N-ethyl adjacent to an activating group) is 1. The number of epoxide rings is 1.